The molecule has 2 heterocycles. The molecule has 0 aromatic heterocycles. The predicted molar refractivity (Wildman–Crippen MR) is 70.9 cm³/mol. The van der Waals surface area contributed by atoms with Crippen molar-refractivity contribution in [1.29, 1.82) is 5.26 Å². The molecule has 100 valence electrons. The highest BCUT2D eigenvalue weighted by Gasteiger charge is 2.34. The average Bonchev–Trinajstić information content (AvgIpc) is 2.81. The highest BCUT2D eigenvalue weighted by atomic mass is 19.1. The Morgan fingerprint density at radius 2 is 2.32 bits per heavy atom. The number of hydrogen-bond donors (Lipinski definition) is 1. The molecule has 1 aromatic rings. The van der Waals surface area contributed by atoms with E-state index in [-0.39, 0.29) is 5.82 Å². The van der Waals surface area contributed by atoms with E-state index in [9.17, 15) is 4.39 Å². The zero-order valence-electron chi connectivity index (χ0n) is 10.9. The number of nitriles is 1. The van der Waals surface area contributed by atoms with Crippen molar-refractivity contribution in [1.82, 2.24) is 10.2 Å². The average molecular weight is 259 g/mol. The summed E-state index contributed by atoms with van der Waals surface area (Å²) >= 11 is 0. The van der Waals surface area contributed by atoms with Crippen molar-refractivity contribution in [2.45, 2.75) is 25.4 Å². The zero-order chi connectivity index (χ0) is 13.2. The van der Waals surface area contributed by atoms with Gasteiger partial charge in [-0.15, -0.1) is 0 Å². The van der Waals surface area contributed by atoms with Crippen LogP contribution < -0.4 is 5.32 Å². The normalized spacial score (nSPS) is 26.9. The Kier molecular flexibility index (Phi) is 3.50. The fourth-order valence-electron chi connectivity index (χ4n) is 3.31. The summed E-state index contributed by atoms with van der Waals surface area (Å²) in [5.74, 6) is 0.455. The summed E-state index contributed by atoms with van der Waals surface area (Å²) in [5, 5.41) is 12.6. The van der Waals surface area contributed by atoms with Gasteiger partial charge in [-0.3, -0.25) is 4.90 Å². The van der Waals surface area contributed by atoms with Crippen LogP contribution in [0.25, 0.3) is 0 Å². The lowest BCUT2D eigenvalue weighted by Gasteiger charge is -2.24. The molecule has 0 saturated carbocycles. The molecule has 19 heavy (non-hydrogen) atoms. The molecule has 4 heteroatoms. The van der Waals surface area contributed by atoms with Gasteiger partial charge in [0.15, 0.2) is 0 Å². The van der Waals surface area contributed by atoms with Crippen molar-refractivity contribution >= 4 is 0 Å². The van der Waals surface area contributed by atoms with Gasteiger partial charge in [-0.1, -0.05) is 0 Å². The third-order valence-corrected chi connectivity index (χ3v) is 4.26. The Balaban J connectivity index is 1.72. The summed E-state index contributed by atoms with van der Waals surface area (Å²) in [6.45, 7) is 3.85. The number of halogens is 1. The van der Waals surface area contributed by atoms with Crippen LogP contribution in [-0.2, 0) is 6.54 Å². The van der Waals surface area contributed by atoms with Gasteiger partial charge in [0.1, 0.15) is 5.82 Å². The third-order valence-electron chi connectivity index (χ3n) is 4.26. The quantitative estimate of drug-likeness (QED) is 0.881. The third kappa shape index (κ3) is 2.63. The second-order valence-electron chi connectivity index (χ2n) is 5.57. The molecule has 2 saturated heterocycles. The van der Waals surface area contributed by atoms with E-state index in [1.807, 2.05) is 0 Å². The minimum Gasteiger partial charge on any atom is -0.312 e. The Labute approximate surface area is 113 Å². The van der Waals surface area contributed by atoms with Crippen molar-refractivity contribution in [3.05, 3.63) is 35.1 Å². The standard InChI is InChI=1S/C15H18FN3/c16-14-4-3-11(7-17)13(6-14)9-19-8-12-2-1-5-18-15(12)10-19/h3-4,6,12,15,18H,1-2,5,8-10H2. The van der Waals surface area contributed by atoms with Crippen LogP contribution in [-0.4, -0.2) is 30.6 Å². The smallest absolute Gasteiger partial charge is 0.123 e. The maximum atomic E-state index is 13.3. The number of rotatable bonds is 2. The molecule has 3 nitrogen and oxygen atoms in total. The molecule has 0 radical (unpaired) electrons. The molecule has 0 aliphatic carbocycles. The molecule has 1 aromatic carbocycles. The highest BCUT2D eigenvalue weighted by molar-refractivity contribution is 5.37. The van der Waals surface area contributed by atoms with E-state index in [1.165, 1.54) is 25.0 Å². The number of nitrogens with one attached hydrogen (secondary N) is 1. The lowest BCUT2D eigenvalue weighted by atomic mass is 9.94. The Morgan fingerprint density at radius 1 is 1.42 bits per heavy atom. The van der Waals surface area contributed by atoms with Crippen molar-refractivity contribution < 1.29 is 4.39 Å². The molecule has 0 bridgehead atoms. The number of hydrogen-bond acceptors (Lipinski definition) is 3. The van der Waals surface area contributed by atoms with E-state index in [0.29, 0.717) is 24.1 Å². The second-order valence-corrected chi connectivity index (χ2v) is 5.57. The summed E-state index contributed by atoms with van der Waals surface area (Å²) in [7, 11) is 0. The predicted octanol–water partition coefficient (Wildman–Crippen LogP) is 1.88. The molecule has 0 spiro atoms. The highest BCUT2D eigenvalue weighted by Crippen LogP contribution is 2.26. The van der Waals surface area contributed by atoms with E-state index >= 15 is 0 Å². The van der Waals surface area contributed by atoms with Crippen LogP contribution in [0.2, 0.25) is 0 Å². The fraction of sp³-hybridized carbons (Fsp3) is 0.533. The minimum atomic E-state index is -0.260. The molecule has 3 rings (SSSR count). The van der Waals surface area contributed by atoms with Gasteiger partial charge in [-0.05, 0) is 49.1 Å². The SMILES string of the molecule is N#Cc1ccc(F)cc1CN1CC2CCCNC2C1. The Hall–Kier alpha value is -1.44. The van der Waals surface area contributed by atoms with Crippen LogP contribution in [0.5, 0.6) is 0 Å². The van der Waals surface area contributed by atoms with Crippen LogP contribution >= 0.6 is 0 Å². The molecule has 2 fully saturated rings. The molecule has 2 unspecified atom stereocenters. The van der Waals surface area contributed by atoms with E-state index in [4.69, 9.17) is 5.26 Å². The molecule has 2 atom stereocenters. The monoisotopic (exact) mass is 259 g/mol. The van der Waals surface area contributed by atoms with Gasteiger partial charge < -0.3 is 5.32 Å². The van der Waals surface area contributed by atoms with Gasteiger partial charge in [0.2, 0.25) is 0 Å². The largest absolute Gasteiger partial charge is 0.312 e. The number of fused-ring (bicyclic) bond motifs is 1. The molecular weight excluding hydrogens is 241 g/mol. The van der Waals surface area contributed by atoms with Crippen molar-refractivity contribution in [3.8, 4) is 6.07 Å². The van der Waals surface area contributed by atoms with Gasteiger partial charge in [0.25, 0.3) is 0 Å². The topological polar surface area (TPSA) is 39.1 Å². The molecule has 2 aliphatic rings. The lowest BCUT2D eigenvalue weighted by molar-refractivity contribution is 0.312. The maximum Gasteiger partial charge on any atom is 0.123 e. The Bertz CT molecular complexity index is 495. The Morgan fingerprint density at radius 3 is 3.11 bits per heavy atom. The number of likely N-dealkylation sites (tertiary alicyclic amines) is 1. The van der Waals surface area contributed by atoms with Crippen LogP contribution in [0.4, 0.5) is 4.39 Å². The first-order valence-corrected chi connectivity index (χ1v) is 6.90. The van der Waals surface area contributed by atoms with E-state index in [0.717, 1.165) is 25.2 Å². The second kappa shape index (κ2) is 5.28. The van der Waals surface area contributed by atoms with E-state index < -0.39 is 0 Å². The van der Waals surface area contributed by atoms with Crippen molar-refractivity contribution in [2.75, 3.05) is 19.6 Å². The van der Waals surface area contributed by atoms with Crippen LogP contribution in [0.1, 0.15) is 24.0 Å². The molecule has 2 aliphatic heterocycles. The van der Waals surface area contributed by atoms with Crippen LogP contribution in [0, 0.1) is 23.1 Å². The van der Waals surface area contributed by atoms with Gasteiger partial charge in [-0.25, -0.2) is 4.39 Å². The first-order valence-electron chi connectivity index (χ1n) is 6.90. The molecular formula is C15H18FN3. The minimum absolute atomic E-state index is 0.260. The summed E-state index contributed by atoms with van der Waals surface area (Å²) in [5.41, 5.74) is 1.39. The van der Waals surface area contributed by atoms with Crippen LogP contribution in [0.3, 0.4) is 0 Å². The first kappa shape index (κ1) is 12.6. The number of benzene rings is 1. The first-order chi connectivity index (χ1) is 9.26. The van der Waals surface area contributed by atoms with E-state index in [2.05, 4.69) is 16.3 Å². The fourth-order valence-corrected chi connectivity index (χ4v) is 3.31. The van der Waals surface area contributed by atoms with Gasteiger partial charge in [-0.2, -0.15) is 5.26 Å². The van der Waals surface area contributed by atoms with Gasteiger partial charge in [0.05, 0.1) is 11.6 Å². The van der Waals surface area contributed by atoms with Crippen molar-refractivity contribution in [2.24, 2.45) is 5.92 Å². The van der Waals surface area contributed by atoms with E-state index in [1.54, 1.807) is 6.07 Å². The van der Waals surface area contributed by atoms with Gasteiger partial charge in [0, 0.05) is 25.7 Å². The number of piperidine rings is 1. The van der Waals surface area contributed by atoms with Gasteiger partial charge >= 0.3 is 0 Å². The summed E-state index contributed by atoms with van der Waals surface area (Å²) < 4.78 is 13.3. The molecule has 1 N–H and O–H groups in total. The van der Waals surface area contributed by atoms with Crippen molar-refractivity contribution in [3.63, 3.8) is 0 Å². The summed E-state index contributed by atoms with van der Waals surface area (Å²) in [4.78, 5) is 2.34. The summed E-state index contributed by atoms with van der Waals surface area (Å²) in [6, 6.07) is 7.15. The lowest BCUT2D eigenvalue weighted by Crippen LogP contribution is -2.40. The molecule has 0 amide bonds. The maximum absolute atomic E-state index is 13.3. The zero-order valence-corrected chi connectivity index (χ0v) is 10.9. The van der Waals surface area contributed by atoms with Crippen LogP contribution in [0.15, 0.2) is 18.2 Å². The summed E-state index contributed by atoms with van der Waals surface area (Å²) in [6.07, 6.45) is 2.53. The number of nitrogens with zero attached hydrogens (tertiary/aromatic N) is 2.